The van der Waals surface area contributed by atoms with Gasteiger partial charge >= 0.3 is 0 Å². The SMILES string of the molecule is C/C(=N/NC(=O)c1ccc(C)c([N+](=O)[O-])c1)c1ccc2c(c1)OCO2. The van der Waals surface area contributed by atoms with E-state index in [1.54, 1.807) is 32.0 Å². The smallest absolute Gasteiger partial charge is 0.273 e. The van der Waals surface area contributed by atoms with E-state index in [0.717, 1.165) is 5.56 Å². The number of nitro benzene ring substituents is 1. The number of carbonyl (C=O) groups is 1. The fraction of sp³-hybridized carbons (Fsp3) is 0.176. The van der Waals surface area contributed by atoms with E-state index in [4.69, 9.17) is 9.47 Å². The highest BCUT2D eigenvalue weighted by atomic mass is 16.7. The molecule has 0 aliphatic carbocycles. The van der Waals surface area contributed by atoms with E-state index in [1.807, 2.05) is 0 Å². The van der Waals surface area contributed by atoms with E-state index < -0.39 is 10.8 Å². The van der Waals surface area contributed by atoms with Gasteiger partial charge in [-0.3, -0.25) is 14.9 Å². The molecule has 0 aromatic heterocycles. The number of nitrogens with zero attached hydrogens (tertiary/aromatic N) is 2. The van der Waals surface area contributed by atoms with Crippen molar-refractivity contribution >= 4 is 17.3 Å². The van der Waals surface area contributed by atoms with E-state index in [1.165, 1.54) is 18.2 Å². The first kappa shape index (κ1) is 16.4. The van der Waals surface area contributed by atoms with Gasteiger partial charge in [0.25, 0.3) is 11.6 Å². The standard InChI is InChI=1S/C17H15N3O5/c1-10-3-4-13(7-14(10)20(22)23)17(21)19-18-11(2)12-5-6-15-16(8-12)25-9-24-15/h3-8H,9H2,1-2H3,(H,19,21)/b18-11-. The maximum atomic E-state index is 12.2. The van der Waals surface area contributed by atoms with Crippen LogP contribution in [0.2, 0.25) is 0 Å². The average molecular weight is 341 g/mol. The lowest BCUT2D eigenvalue weighted by Gasteiger charge is -2.05. The molecule has 1 aliphatic heterocycles. The van der Waals surface area contributed by atoms with Crippen molar-refractivity contribution in [2.24, 2.45) is 5.10 Å². The van der Waals surface area contributed by atoms with Gasteiger partial charge in [-0.25, -0.2) is 5.43 Å². The van der Waals surface area contributed by atoms with Crippen LogP contribution in [0.15, 0.2) is 41.5 Å². The Kier molecular flexibility index (Phi) is 4.34. The van der Waals surface area contributed by atoms with Crippen LogP contribution in [-0.2, 0) is 0 Å². The molecule has 128 valence electrons. The lowest BCUT2D eigenvalue weighted by atomic mass is 10.1. The summed E-state index contributed by atoms with van der Waals surface area (Å²) >= 11 is 0. The van der Waals surface area contributed by atoms with E-state index in [0.29, 0.717) is 22.8 Å². The van der Waals surface area contributed by atoms with Crippen molar-refractivity contribution in [2.75, 3.05) is 6.79 Å². The molecule has 0 saturated carbocycles. The molecule has 2 aromatic rings. The van der Waals surface area contributed by atoms with Gasteiger partial charge in [-0.05, 0) is 38.1 Å². The van der Waals surface area contributed by atoms with Gasteiger partial charge < -0.3 is 9.47 Å². The zero-order chi connectivity index (χ0) is 18.0. The molecular formula is C17H15N3O5. The maximum Gasteiger partial charge on any atom is 0.273 e. The first-order valence-corrected chi connectivity index (χ1v) is 7.45. The zero-order valence-corrected chi connectivity index (χ0v) is 13.6. The molecule has 0 radical (unpaired) electrons. The summed E-state index contributed by atoms with van der Waals surface area (Å²) in [6.45, 7) is 3.52. The highest BCUT2D eigenvalue weighted by molar-refractivity contribution is 6.01. The molecule has 25 heavy (non-hydrogen) atoms. The first-order valence-electron chi connectivity index (χ1n) is 7.45. The van der Waals surface area contributed by atoms with Gasteiger partial charge in [0.1, 0.15) is 0 Å². The molecule has 0 atom stereocenters. The second-order valence-corrected chi connectivity index (χ2v) is 5.46. The number of benzene rings is 2. The number of amides is 1. The second kappa shape index (κ2) is 6.60. The molecule has 0 spiro atoms. The molecule has 0 saturated heterocycles. The lowest BCUT2D eigenvalue weighted by molar-refractivity contribution is -0.385. The fourth-order valence-corrected chi connectivity index (χ4v) is 2.33. The minimum absolute atomic E-state index is 0.107. The van der Waals surface area contributed by atoms with Gasteiger partial charge in [-0.15, -0.1) is 0 Å². The number of hydrazone groups is 1. The Bertz CT molecular complexity index is 892. The highest BCUT2D eigenvalue weighted by Gasteiger charge is 2.16. The van der Waals surface area contributed by atoms with Crippen LogP contribution in [0.1, 0.15) is 28.4 Å². The Hall–Kier alpha value is -3.42. The van der Waals surface area contributed by atoms with Gasteiger partial charge in [-0.1, -0.05) is 6.07 Å². The number of aryl methyl sites for hydroxylation is 1. The Morgan fingerprint density at radius 2 is 1.88 bits per heavy atom. The predicted octanol–water partition coefficient (Wildman–Crippen LogP) is 2.79. The minimum Gasteiger partial charge on any atom is -0.454 e. The molecule has 1 aliphatic rings. The van der Waals surface area contributed by atoms with Crippen LogP contribution in [0.25, 0.3) is 0 Å². The fourth-order valence-electron chi connectivity index (χ4n) is 2.33. The average Bonchev–Trinajstić information content (AvgIpc) is 3.07. The number of hydrogen-bond donors (Lipinski definition) is 1. The van der Waals surface area contributed by atoms with Crippen LogP contribution in [0, 0.1) is 17.0 Å². The number of nitro groups is 1. The van der Waals surface area contributed by atoms with Crippen molar-refractivity contribution in [2.45, 2.75) is 13.8 Å². The molecular weight excluding hydrogens is 326 g/mol. The first-order chi connectivity index (χ1) is 12.0. The maximum absolute atomic E-state index is 12.2. The number of hydrogen-bond acceptors (Lipinski definition) is 6. The molecule has 3 rings (SSSR count). The molecule has 8 heteroatoms. The summed E-state index contributed by atoms with van der Waals surface area (Å²) in [5.74, 6) is 0.753. The van der Waals surface area contributed by atoms with Gasteiger partial charge in [-0.2, -0.15) is 5.10 Å². The topological polar surface area (TPSA) is 103 Å². The van der Waals surface area contributed by atoms with Crippen molar-refractivity contribution in [1.82, 2.24) is 5.43 Å². The third kappa shape index (κ3) is 3.42. The Balaban J connectivity index is 1.76. The zero-order valence-electron chi connectivity index (χ0n) is 13.6. The van der Waals surface area contributed by atoms with Crippen LogP contribution < -0.4 is 14.9 Å². The third-order valence-corrected chi connectivity index (χ3v) is 3.78. The molecule has 8 nitrogen and oxygen atoms in total. The van der Waals surface area contributed by atoms with Crippen molar-refractivity contribution in [3.63, 3.8) is 0 Å². The van der Waals surface area contributed by atoms with Crippen LogP contribution in [0.3, 0.4) is 0 Å². The number of fused-ring (bicyclic) bond motifs is 1. The molecule has 0 fully saturated rings. The molecule has 0 unspecified atom stereocenters. The monoisotopic (exact) mass is 341 g/mol. The van der Waals surface area contributed by atoms with E-state index in [2.05, 4.69) is 10.5 Å². The molecule has 2 aromatic carbocycles. The van der Waals surface area contributed by atoms with Crippen molar-refractivity contribution in [1.29, 1.82) is 0 Å². The van der Waals surface area contributed by atoms with Crippen LogP contribution in [0.4, 0.5) is 5.69 Å². The van der Waals surface area contributed by atoms with Crippen molar-refractivity contribution in [3.8, 4) is 11.5 Å². The van der Waals surface area contributed by atoms with Crippen LogP contribution >= 0.6 is 0 Å². The summed E-state index contributed by atoms with van der Waals surface area (Å²) in [6, 6.07) is 9.61. The summed E-state index contributed by atoms with van der Waals surface area (Å²) in [5.41, 5.74) is 4.28. The quantitative estimate of drug-likeness (QED) is 0.523. The third-order valence-electron chi connectivity index (χ3n) is 3.78. The highest BCUT2D eigenvalue weighted by Crippen LogP contribution is 2.32. The van der Waals surface area contributed by atoms with Gasteiger partial charge in [0.2, 0.25) is 6.79 Å². The second-order valence-electron chi connectivity index (χ2n) is 5.46. The van der Waals surface area contributed by atoms with E-state index in [-0.39, 0.29) is 18.0 Å². The van der Waals surface area contributed by atoms with E-state index in [9.17, 15) is 14.9 Å². The number of rotatable bonds is 4. The minimum atomic E-state index is -0.525. The summed E-state index contributed by atoms with van der Waals surface area (Å²) in [6.07, 6.45) is 0. The number of nitrogens with one attached hydrogen (secondary N) is 1. The Morgan fingerprint density at radius 3 is 2.64 bits per heavy atom. The summed E-state index contributed by atoms with van der Waals surface area (Å²) in [4.78, 5) is 22.6. The summed E-state index contributed by atoms with van der Waals surface area (Å²) in [7, 11) is 0. The molecule has 0 bridgehead atoms. The predicted molar refractivity (Wildman–Crippen MR) is 90.1 cm³/mol. The summed E-state index contributed by atoms with van der Waals surface area (Å²) in [5, 5.41) is 15.0. The number of carbonyl (C=O) groups excluding carboxylic acids is 1. The normalized spacial score (nSPS) is 12.8. The Labute approximate surface area is 143 Å². The molecule has 1 heterocycles. The Morgan fingerprint density at radius 1 is 1.16 bits per heavy atom. The van der Waals surface area contributed by atoms with Gasteiger partial charge in [0.05, 0.1) is 10.6 Å². The van der Waals surface area contributed by atoms with Crippen molar-refractivity contribution in [3.05, 3.63) is 63.2 Å². The molecule has 1 amide bonds. The van der Waals surface area contributed by atoms with E-state index >= 15 is 0 Å². The van der Waals surface area contributed by atoms with Gasteiger partial charge in [0, 0.05) is 22.8 Å². The molecule has 1 N–H and O–H groups in total. The van der Waals surface area contributed by atoms with Gasteiger partial charge in [0.15, 0.2) is 11.5 Å². The lowest BCUT2D eigenvalue weighted by Crippen LogP contribution is -2.19. The largest absolute Gasteiger partial charge is 0.454 e. The number of ether oxygens (including phenoxy) is 2. The van der Waals surface area contributed by atoms with Crippen LogP contribution in [0.5, 0.6) is 11.5 Å². The van der Waals surface area contributed by atoms with Crippen molar-refractivity contribution < 1.29 is 19.2 Å². The summed E-state index contributed by atoms with van der Waals surface area (Å²) < 4.78 is 10.5. The van der Waals surface area contributed by atoms with Crippen LogP contribution in [-0.4, -0.2) is 23.3 Å².